The Labute approximate surface area is 90.6 Å². The monoisotopic (exact) mass is 200 g/mol. The molecule has 2 nitrogen and oxygen atoms in total. The van der Waals surface area contributed by atoms with E-state index in [2.05, 4.69) is 47.7 Å². The second-order valence-electron chi connectivity index (χ2n) is 4.15. The summed E-state index contributed by atoms with van der Waals surface area (Å²) in [7, 11) is 0. The lowest BCUT2D eigenvalue weighted by molar-refractivity contribution is 0.614. The van der Waals surface area contributed by atoms with Crippen LogP contribution in [0.5, 0.6) is 0 Å². The summed E-state index contributed by atoms with van der Waals surface area (Å²) in [5.74, 6) is 1.77. The minimum Gasteiger partial charge on any atom is -0.304 e. The lowest BCUT2D eigenvalue weighted by Crippen LogP contribution is -2.04. The van der Waals surface area contributed by atoms with Crippen LogP contribution in [0.1, 0.15) is 19.7 Å². The molecule has 0 fully saturated rings. The molecule has 15 heavy (non-hydrogen) atoms. The zero-order chi connectivity index (χ0) is 10.7. The lowest BCUT2D eigenvalue weighted by Gasteiger charge is -2.09. The highest BCUT2D eigenvalue weighted by Gasteiger charge is 2.05. The molecule has 2 heteroatoms. The largest absolute Gasteiger partial charge is 0.304 e. The van der Waals surface area contributed by atoms with E-state index in [1.807, 2.05) is 18.5 Å². The van der Waals surface area contributed by atoms with Crippen molar-refractivity contribution >= 4 is 0 Å². The fourth-order valence-corrected chi connectivity index (χ4v) is 1.67. The first-order chi connectivity index (χ1) is 7.27. The summed E-state index contributed by atoms with van der Waals surface area (Å²) in [4.78, 5) is 4.40. The van der Waals surface area contributed by atoms with Gasteiger partial charge in [0.25, 0.3) is 0 Å². The van der Waals surface area contributed by atoms with Gasteiger partial charge in [0.1, 0.15) is 5.82 Å². The van der Waals surface area contributed by atoms with Crippen LogP contribution >= 0.6 is 0 Å². The van der Waals surface area contributed by atoms with Crippen molar-refractivity contribution in [2.75, 3.05) is 0 Å². The summed E-state index contributed by atoms with van der Waals surface area (Å²) in [6.07, 6.45) is 4.90. The Balaban J connectivity index is 2.33. The van der Waals surface area contributed by atoms with E-state index in [0.717, 1.165) is 12.2 Å². The van der Waals surface area contributed by atoms with Crippen LogP contribution in [0.15, 0.2) is 42.7 Å². The molecule has 0 atom stereocenters. The van der Waals surface area contributed by atoms with Crippen LogP contribution in [-0.4, -0.2) is 9.55 Å². The third-order valence-corrected chi connectivity index (χ3v) is 2.34. The van der Waals surface area contributed by atoms with Crippen LogP contribution in [-0.2, 0) is 6.42 Å². The van der Waals surface area contributed by atoms with Gasteiger partial charge in [0.05, 0.1) is 0 Å². The molecule has 0 aliphatic rings. The molecule has 1 aromatic heterocycles. The predicted octanol–water partition coefficient (Wildman–Crippen LogP) is 3.07. The molecule has 0 aliphatic heterocycles. The standard InChI is InChI=1S/C13H16N2/c1-11(2)10-13-14-8-9-15(13)12-6-4-3-5-7-12/h3-9,11H,10H2,1-2H3. The molecule has 0 unspecified atom stereocenters. The molecule has 0 spiro atoms. The van der Waals surface area contributed by atoms with E-state index in [0.29, 0.717) is 5.92 Å². The SMILES string of the molecule is CC(C)Cc1nccn1-c1ccccc1. The first-order valence-electron chi connectivity index (χ1n) is 5.35. The highest BCUT2D eigenvalue weighted by atomic mass is 15.1. The third kappa shape index (κ3) is 2.27. The minimum absolute atomic E-state index is 0.634. The number of nitrogens with zero attached hydrogens (tertiary/aromatic N) is 2. The van der Waals surface area contributed by atoms with Crippen LogP contribution in [0, 0.1) is 5.92 Å². The Morgan fingerprint density at radius 1 is 1.20 bits per heavy atom. The molecular formula is C13H16N2. The van der Waals surface area contributed by atoms with Gasteiger partial charge in [-0.3, -0.25) is 0 Å². The second kappa shape index (κ2) is 4.30. The number of benzene rings is 1. The molecule has 0 aliphatic carbocycles. The van der Waals surface area contributed by atoms with E-state index in [1.54, 1.807) is 0 Å². The fraction of sp³-hybridized carbons (Fsp3) is 0.308. The summed E-state index contributed by atoms with van der Waals surface area (Å²) in [6.45, 7) is 4.42. The van der Waals surface area contributed by atoms with Crippen molar-refractivity contribution in [2.24, 2.45) is 5.92 Å². The molecule has 0 bridgehead atoms. The van der Waals surface area contributed by atoms with Crippen LogP contribution < -0.4 is 0 Å². The Morgan fingerprint density at radius 2 is 1.93 bits per heavy atom. The van der Waals surface area contributed by atoms with Gasteiger partial charge in [0.15, 0.2) is 0 Å². The van der Waals surface area contributed by atoms with Crippen molar-refractivity contribution < 1.29 is 0 Å². The summed E-state index contributed by atoms with van der Waals surface area (Å²) in [5, 5.41) is 0. The zero-order valence-corrected chi connectivity index (χ0v) is 9.22. The number of hydrogen-bond donors (Lipinski definition) is 0. The minimum atomic E-state index is 0.634. The van der Waals surface area contributed by atoms with Crippen LogP contribution in [0.2, 0.25) is 0 Å². The molecule has 1 heterocycles. The van der Waals surface area contributed by atoms with Gasteiger partial charge < -0.3 is 4.57 Å². The Morgan fingerprint density at radius 3 is 2.60 bits per heavy atom. The van der Waals surface area contributed by atoms with E-state index in [-0.39, 0.29) is 0 Å². The number of aromatic nitrogens is 2. The number of imidazole rings is 1. The average molecular weight is 200 g/mol. The number of rotatable bonds is 3. The second-order valence-corrected chi connectivity index (χ2v) is 4.15. The molecule has 0 N–H and O–H groups in total. The normalized spacial score (nSPS) is 10.9. The molecule has 1 aromatic carbocycles. The van der Waals surface area contributed by atoms with Crippen molar-refractivity contribution in [1.82, 2.24) is 9.55 Å². The maximum atomic E-state index is 4.40. The van der Waals surface area contributed by atoms with Crippen molar-refractivity contribution in [3.8, 4) is 5.69 Å². The summed E-state index contributed by atoms with van der Waals surface area (Å²) in [6, 6.07) is 10.3. The summed E-state index contributed by atoms with van der Waals surface area (Å²) in [5.41, 5.74) is 1.19. The van der Waals surface area contributed by atoms with Gasteiger partial charge in [-0.25, -0.2) is 4.98 Å². The fourth-order valence-electron chi connectivity index (χ4n) is 1.67. The Hall–Kier alpha value is -1.57. The molecule has 78 valence electrons. The van der Waals surface area contributed by atoms with Crippen molar-refractivity contribution in [3.63, 3.8) is 0 Å². The van der Waals surface area contributed by atoms with Gasteiger partial charge in [0.2, 0.25) is 0 Å². The Kier molecular flexibility index (Phi) is 2.86. The van der Waals surface area contributed by atoms with Crippen LogP contribution in [0.4, 0.5) is 0 Å². The van der Waals surface area contributed by atoms with Gasteiger partial charge in [-0.1, -0.05) is 32.0 Å². The quantitative estimate of drug-likeness (QED) is 0.744. The summed E-state index contributed by atoms with van der Waals surface area (Å²) >= 11 is 0. The third-order valence-electron chi connectivity index (χ3n) is 2.34. The maximum Gasteiger partial charge on any atom is 0.113 e. The highest BCUT2D eigenvalue weighted by molar-refractivity contribution is 5.32. The predicted molar refractivity (Wildman–Crippen MR) is 62.1 cm³/mol. The molecule has 0 radical (unpaired) electrons. The van der Waals surface area contributed by atoms with E-state index in [1.165, 1.54) is 5.69 Å². The molecule has 2 rings (SSSR count). The van der Waals surface area contributed by atoms with Gasteiger partial charge in [-0.05, 0) is 18.1 Å². The lowest BCUT2D eigenvalue weighted by atomic mass is 10.1. The van der Waals surface area contributed by atoms with Crippen molar-refractivity contribution in [2.45, 2.75) is 20.3 Å². The van der Waals surface area contributed by atoms with Gasteiger partial charge in [-0.15, -0.1) is 0 Å². The van der Waals surface area contributed by atoms with Gasteiger partial charge in [-0.2, -0.15) is 0 Å². The topological polar surface area (TPSA) is 17.8 Å². The maximum absolute atomic E-state index is 4.40. The van der Waals surface area contributed by atoms with Crippen molar-refractivity contribution in [1.29, 1.82) is 0 Å². The smallest absolute Gasteiger partial charge is 0.113 e. The van der Waals surface area contributed by atoms with Crippen LogP contribution in [0.3, 0.4) is 0 Å². The van der Waals surface area contributed by atoms with E-state index in [4.69, 9.17) is 0 Å². The Bertz CT molecular complexity index is 415. The summed E-state index contributed by atoms with van der Waals surface area (Å²) < 4.78 is 2.15. The first-order valence-corrected chi connectivity index (χ1v) is 5.35. The molecule has 0 saturated heterocycles. The molecule has 0 amide bonds. The molecule has 0 saturated carbocycles. The molecular weight excluding hydrogens is 184 g/mol. The number of hydrogen-bond acceptors (Lipinski definition) is 1. The highest BCUT2D eigenvalue weighted by Crippen LogP contribution is 2.12. The molecule has 2 aromatic rings. The van der Waals surface area contributed by atoms with Crippen LogP contribution in [0.25, 0.3) is 5.69 Å². The van der Waals surface area contributed by atoms with Gasteiger partial charge >= 0.3 is 0 Å². The van der Waals surface area contributed by atoms with E-state index in [9.17, 15) is 0 Å². The zero-order valence-electron chi connectivity index (χ0n) is 9.22. The van der Waals surface area contributed by atoms with Crippen molar-refractivity contribution in [3.05, 3.63) is 48.5 Å². The number of para-hydroxylation sites is 1. The van der Waals surface area contributed by atoms with E-state index < -0.39 is 0 Å². The van der Waals surface area contributed by atoms with E-state index >= 15 is 0 Å². The first kappa shape index (κ1) is 9.97. The average Bonchev–Trinajstić information content (AvgIpc) is 2.66. The van der Waals surface area contributed by atoms with Gasteiger partial charge in [0, 0.05) is 24.5 Å².